The highest BCUT2D eigenvalue weighted by Gasteiger charge is 2.19. The maximum absolute atomic E-state index is 11.7. The molecule has 1 aliphatic heterocycles. The third-order valence-electron chi connectivity index (χ3n) is 2.82. The van der Waals surface area contributed by atoms with E-state index in [2.05, 4.69) is 26.2 Å². The lowest BCUT2D eigenvalue weighted by molar-refractivity contribution is 0.0601. The first kappa shape index (κ1) is 13.3. The van der Waals surface area contributed by atoms with Crippen molar-refractivity contribution in [3.63, 3.8) is 0 Å². The molecule has 2 heterocycles. The fraction of sp³-hybridized carbons (Fsp3) is 0.500. The van der Waals surface area contributed by atoms with Crippen molar-refractivity contribution in [3.05, 3.63) is 22.3 Å². The van der Waals surface area contributed by atoms with Crippen molar-refractivity contribution in [3.8, 4) is 0 Å². The van der Waals surface area contributed by atoms with E-state index in [-0.39, 0.29) is 6.04 Å². The molecular weight excluding hydrogens is 300 g/mol. The molecule has 0 unspecified atom stereocenters. The van der Waals surface area contributed by atoms with Crippen LogP contribution in [0.1, 0.15) is 23.2 Å². The van der Waals surface area contributed by atoms with Crippen molar-refractivity contribution in [1.82, 2.24) is 4.98 Å². The number of nitrogens with zero attached hydrogens (tertiary/aromatic N) is 1. The van der Waals surface area contributed by atoms with Gasteiger partial charge in [0.05, 0.1) is 7.11 Å². The van der Waals surface area contributed by atoms with Gasteiger partial charge in [0.15, 0.2) is 0 Å². The lowest BCUT2D eigenvalue weighted by atomic mass is 10.1. The second-order valence-electron chi connectivity index (χ2n) is 4.07. The molecule has 0 spiro atoms. The Morgan fingerprint density at radius 3 is 2.94 bits per heavy atom. The van der Waals surface area contributed by atoms with E-state index in [9.17, 15) is 4.79 Å². The van der Waals surface area contributed by atoms with Crippen molar-refractivity contribution in [2.24, 2.45) is 0 Å². The van der Waals surface area contributed by atoms with E-state index in [1.807, 2.05) is 0 Å². The van der Waals surface area contributed by atoms with Gasteiger partial charge in [-0.3, -0.25) is 0 Å². The summed E-state index contributed by atoms with van der Waals surface area (Å²) in [4.78, 5) is 15.9. The summed E-state index contributed by atoms with van der Waals surface area (Å²) < 4.78 is 10.8. The number of pyridine rings is 1. The average molecular weight is 315 g/mol. The largest absolute Gasteiger partial charge is 0.465 e. The molecule has 1 N–H and O–H groups in total. The van der Waals surface area contributed by atoms with Gasteiger partial charge in [-0.1, -0.05) is 0 Å². The number of rotatable bonds is 3. The quantitative estimate of drug-likeness (QED) is 0.867. The highest BCUT2D eigenvalue weighted by molar-refractivity contribution is 9.10. The molecule has 1 aliphatic rings. The first-order valence-electron chi connectivity index (χ1n) is 5.79. The Kier molecular flexibility index (Phi) is 4.54. The van der Waals surface area contributed by atoms with Crippen molar-refractivity contribution in [2.75, 3.05) is 25.6 Å². The van der Waals surface area contributed by atoms with Gasteiger partial charge in [0, 0.05) is 29.9 Å². The van der Waals surface area contributed by atoms with Gasteiger partial charge in [-0.15, -0.1) is 0 Å². The van der Waals surface area contributed by atoms with Gasteiger partial charge in [0.2, 0.25) is 0 Å². The number of nitrogens with one attached hydrogen (secondary N) is 1. The van der Waals surface area contributed by atoms with Gasteiger partial charge in [0.25, 0.3) is 0 Å². The fourth-order valence-electron chi connectivity index (χ4n) is 1.86. The first-order valence-corrected chi connectivity index (χ1v) is 6.58. The van der Waals surface area contributed by atoms with Crippen LogP contribution in [0.4, 0.5) is 5.82 Å². The average Bonchev–Trinajstić information content (AvgIpc) is 2.41. The molecule has 0 amide bonds. The lowest BCUT2D eigenvalue weighted by Gasteiger charge is -2.24. The van der Waals surface area contributed by atoms with Gasteiger partial charge in [-0.2, -0.15) is 0 Å². The molecule has 1 aromatic rings. The fourth-order valence-corrected chi connectivity index (χ4v) is 2.19. The number of hydrogen-bond donors (Lipinski definition) is 1. The van der Waals surface area contributed by atoms with Crippen LogP contribution in [-0.2, 0) is 9.47 Å². The van der Waals surface area contributed by atoms with Crippen LogP contribution in [0, 0.1) is 0 Å². The molecule has 0 aromatic carbocycles. The Morgan fingerprint density at radius 2 is 2.28 bits per heavy atom. The van der Waals surface area contributed by atoms with Crippen molar-refractivity contribution < 1.29 is 14.3 Å². The number of carbonyl (C=O) groups is 1. The molecule has 1 saturated heterocycles. The molecule has 0 atom stereocenters. The molecule has 2 rings (SSSR count). The molecule has 0 radical (unpaired) electrons. The standard InChI is InChI=1S/C12H15BrN2O3/c1-17-12(16)10-6-8(13)7-14-11(10)15-9-2-4-18-5-3-9/h6-7,9H,2-5H2,1H3,(H,14,15). The van der Waals surface area contributed by atoms with Crippen LogP contribution in [0.5, 0.6) is 0 Å². The van der Waals surface area contributed by atoms with Gasteiger partial charge in [-0.25, -0.2) is 9.78 Å². The van der Waals surface area contributed by atoms with Gasteiger partial charge in [-0.05, 0) is 34.8 Å². The summed E-state index contributed by atoms with van der Waals surface area (Å²) in [5.41, 5.74) is 0.443. The zero-order valence-corrected chi connectivity index (χ0v) is 11.7. The van der Waals surface area contributed by atoms with Crippen LogP contribution < -0.4 is 5.32 Å². The Labute approximate surface area is 114 Å². The first-order chi connectivity index (χ1) is 8.70. The van der Waals surface area contributed by atoms with Gasteiger partial charge >= 0.3 is 5.97 Å². The van der Waals surface area contributed by atoms with Gasteiger partial charge in [0.1, 0.15) is 11.4 Å². The van der Waals surface area contributed by atoms with E-state index < -0.39 is 5.97 Å². The molecule has 0 bridgehead atoms. The molecule has 1 fully saturated rings. The second kappa shape index (κ2) is 6.15. The summed E-state index contributed by atoms with van der Waals surface area (Å²) in [6, 6.07) is 2.00. The second-order valence-corrected chi connectivity index (χ2v) is 4.99. The third-order valence-corrected chi connectivity index (χ3v) is 3.26. The van der Waals surface area contributed by atoms with E-state index in [1.54, 1.807) is 12.3 Å². The van der Waals surface area contributed by atoms with E-state index in [1.165, 1.54) is 7.11 Å². The van der Waals surface area contributed by atoms with Gasteiger partial charge < -0.3 is 14.8 Å². The molecule has 98 valence electrons. The highest BCUT2D eigenvalue weighted by Crippen LogP contribution is 2.21. The van der Waals surface area contributed by atoms with Crippen LogP contribution in [0.25, 0.3) is 0 Å². The zero-order chi connectivity index (χ0) is 13.0. The maximum Gasteiger partial charge on any atom is 0.341 e. The summed E-state index contributed by atoms with van der Waals surface area (Å²) >= 11 is 3.30. The minimum Gasteiger partial charge on any atom is -0.465 e. The summed E-state index contributed by atoms with van der Waals surface area (Å²) in [6.45, 7) is 1.48. The molecule has 6 heteroatoms. The van der Waals surface area contributed by atoms with Crippen LogP contribution in [0.15, 0.2) is 16.7 Å². The predicted molar refractivity (Wildman–Crippen MR) is 70.7 cm³/mol. The topological polar surface area (TPSA) is 60.5 Å². The van der Waals surface area contributed by atoms with E-state index in [0.29, 0.717) is 11.4 Å². The van der Waals surface area contributed by atoms with Crippen LogP contribution in [0.3, 0.4) is 0 Å². The van der Waals surface area contributed by atoms with Crippen LogP contribution in [-0.4, -0.2) is 37.3 Å². The lowest BCUT2D eigenvalue weighted by Crippen LogP contribution is -2.29. The minimum absolute atomic E-state index is 0.288. The summed E-state index contributed by atoms with van der Waals surface area (Å²) in [5.74, 6) is 0.176. The molecule has 1 aromatic heterocycles. The van der Waals surface area contributed by atoms with Crippen LogP contribution in [0.2, 0.25) is 0 Å². The minimum atomic E-state index is -0.390. The highest BCUT2D eigenvalue weighted by atomic mass is 79.9. The maximum atomic E-state index is 11.7. The Bertz CT molecular complexity index is 433. The van der Waals surface area contributed by atoms with E-state index >= 15 is 0 Å². The zero-order valence-electron chi connectivity index (χ0n) is 10.1. The summed E-state index contributed by atoms with van der Waals surface area (Å²) in [6.07, 6.45) is 3.49. The molecule has 0 saturated carbocycles. The summed E-state index contributed by atoms with van der Waals surface area (Å²) in [7, 11) is 1.36. The number of carbonyl (C=O) groups excluding carboxylic acids is 1. The smallest absolute Gasteiger partial charge is 0.341 e. The third kappa shape index (κ3) is 3.20. The van der Waals surface area contributed by atoms with Crippen molar-refractivity contribution >= 4 is 27.7 Å². The van der Waals surface area contributed by atoms with Crippen LogP contribution >= 0.6 is 15.9 Å². The number of esters is 1. The Morgan fingerprint density at radius 1 is 1.56 bits per heavy atom. The molecule has 18 heavy (non-hydrogen) atoms. The van der Waals surface area contributed by atoms with Crippen molar-refractivity contribution in [1.29, 1.82) is 0 Å². The SMILES string of the molecule is COC(=O)c1cc(Br)cnc1NC1CCOCC1. The van der Waals surface area contributed by atoms with E-state index in [0.717, 1.165) is 30.5 Å². The Balaban J connectivity index is 2.17. The number of hydrogen-bond acceptors (Lipinski definition) is 5. The molecule has 5 nitrogen and oxygen atoms in total. The summed E-state index contributed by atoms with van der Waals surface area (Å²) in [5, 5.41) is 3.28. The molecule has 0 aliphatic carbocycles. The number of aromatic nitrogens is 1. The van der Waals surface area contributed by atoms with E-state index in [4.69, 9.17) is 9.47 Å². The normalized spacial score (nSPS) is 16.3. The number of ether oxygens (including phenoxy) is 2. The van der Waals surface area contributed by atoms with Crippen molar-refractivity contribution in [2.45, 2.75) is 18.9 Å². The molecular formula is C12H15BrN2O3. The Hall–Kier alpha value is -1.14. The number of halogens is 1. The number of methoxy groups -OCH3 is 1. The predicted octanol–water partition coefficient (Wildman–Crippen LogP) is 2.22. The monoisotopic (exact) mass is 314 g/mol. The number of anilines is 1.